The number of hydrogen-bond donors (Lipinski definition) is 1. The fraction of sp³-hybridized carbons (Fsp3) is 0.444. The van der Waals surface area contributed by atoms with Gasteiger partial charge in [-0.25, -0.2) is 4.98 Å². The van der Waals surface area contributed by atoms with Gasteiger partial charge in [0.1, 0.15) is 11.6 Å². The molecule has 0 atom stereocenters. The summed E-state index contributed by atoms with van der Waals surface area (Å²) in [6.07, 6.45) is 2.48. The van der Waals surface area contributed by atoms with E-state index >= 15 is 0 Å². The summed E-state index contributed by atoms with van der Waals surface area (Å²) in [7, 11) is 0. The lowest BCUT2D eigenvalue weighted by Gasteiger charge is -2.26. The van der Waals surface area contributed by atoms with Crippen molar-refractivity contribution in [1.29, 1.82) is 0 Å². The Balaban J connectivity index is 2.16. The SMILES string of the molecule is O=C1CCN(c2cc(=O)[nH]cn2)CC1. The molecule has 74 valence electrons. The Labute approximate surface area is 80.8 Å². The molecule has 2 rings (SSSR count). The van der Waals surface area contributed by atoms with Crippen LogP contribution < -0.4 is 10.5 Å². The van der Waals surface area contributed by atoms with Crippen molar-refractivity contribution >= 4 is 11.6 Å². The average molecular weight is 193 g/mol. The van der Waals surface area contributed by atoms with Crippen molar-refractivity contribution in [3.05, 3.63) is 22.7 Å². The van der Waals surface area contributed by atoms with E-state index in [1.54, 1.807) is 0 Å². The van der Waals surface area contributed by atoms with Gasteiger partial charge in [-0.3, -0.25) is 9.59 Å². The van der Waals surface area contributed by atoms with Gasteiger partial charge in [-0.15, -0.1) is 0 Å². The number of aromatic nitrogens is 2. The van der Waals surface area contributed by atoms with Crippen molar-refractivity contribution in [2.45, 2.75) is 12.8 Å². The molecule has 1 aliphatic heterocycles. The Kier molecular flexibility index (Phi) is 2.30. The molecule has 0 radical (unpaired) electrons. The highest BCUT2D eigenvalue weighted by Gasteiger charge is 2.17. The summed E-state index contributed by atoms with van der Waals surface area (Å²) >= 11 is 0. The van der Waals surface area contributed by atoms with E-state index in [0.717, 1.165) is 0 Å². The average Bonchev–Trinajstić information content (AvgIpc) is 2.19. The van der Waals surface area contributed by atoms with Gasteiger partial charge in [-0.2, -0.15) is 0 Å². The lowest BCUT2D eigenvalue weighted by molar-refractivity contribution is -0.119. The van der Waals surface area contributed by atoms with Crippen LogP contribution >= 0.6 is 0 Å². The quantitative estimate of drug-likeness (QED) is 0.678. The molecule has 0 bridgehead atoms. The first-order chi connectivity index (χ1) is 6.75. The molecular weight excluding hydrogens is 182 g/mol. The summed E-state index contributed by atoms with van der Waals surface area (Å²) < 4.78 is 0. The first kappa shape index (κ1) is 8.93. The van der Waals surface area contributed by atoms with Crippen LogP contribution in [0.15, 0.2) is 17.2 Å². The van der Waals surface area contributed by atoms with Crippen molar-refractivity contribution in [3.63, 3.8) is 0 Å². The summed E-state index contributed by atoms with van der Waals surface area (Å²) in [4.78, 5) is 30.5. The van der Waals surface area contributed by atoms with Crippen molar-refractivity contribution in [3.8, 4) is 0 Å². The van der Waals surface area contributed by atoms with Crippen LogP contribution in [0.25, 0.3) is 0 Å². The maximum atomic E-state index is 11.0. The summed E-state index contributed by atoms with van der Waals surface area (Å²) in [5, 5.41) is 0. The minimum Gasteiger partial charge on any atom is -0.356 e. The number of piperidine rings is 1. The number of carbonyl (C=O) groups excluding carboxylic acids is 1. The van der Waals surface area contributed by atoms with Gasteiger partial charge in [-0.1, -0.05) is 0 Å². The molecular formula is C9H11N3O2. The molecule has 0 aromatic carbocycles. The second-order valence-corrected chi connectivity index (χ2v) is 3.30. The van der Waals surface area contributed by atoms with Crippen molar-refractivity contribution in [2.75, 3.05) is 18.0 Å². The van der Waals surface area contributed by atoms with Crippen LogP contribution in [0.1, 0.15) is 12.8 Å². The Morgan fingerprint density at radius 2 is 2.00 bits per heavy atom. The minimum absolute atomic E-state index is 0.160. The highest BCUT2D eigenvalue weighted by Crippen LogP contribution is 2.12. The highest BCUT2D eigenvalue weighted by molar-refractivity contribution is 5.80. The fourth-order valence-electron chi connectivity index (χ4n) is 1.52. The van der Waals surface area contributed by atoms with Gasteiger partial charge in [0.25, 0.3) is 5.56 Å². The van der Waals surface area contributed by atoms with Gasteiger partial charge < -0.3 is 9.88 Å². The van der Waals surface area contributed by atoms with Crippen LogP contribution in [0.3, 0.4) is 0 Å². The maximum Gasteiger partial charge on any atom is 0.252 e. The normalized spacial score (nSPS) is 17.1. The zero-order valence-electron chi connectivity index (χ0n) is 7.69. The zero-order valence-corrected chi connectivity index (χ0v) is 7.69. The Bertz CT molecular complexity index is 389. The molecule has 0 unspecified atom stereocenters. The second kappa shape index (κ2) is 3.61. The van der Waals surface area contributed by atoms with Gasteiger partial charge >= 0.3 is 0 Å². The van der Waals surface area contributed by atoms with Gasteiger partial charge in [0, 0.05) is 32.0 Å². The largest absolute Gasteiger partial charge is 0.356 e. The number of rotatable bonds is 1. The molecule has 1 aromatic rings. The van der Waals surface area contributed by atoms with E-state index in [2.05, 4.69) is 9.97 Å². The first-order valence-electron chi connectivity index (χ1n) is 4.57. The number of nitrogens with one attached hydrogen (secondary N) is 1. The van der Waals surface area contributed by atoms with Crippen molar-refractivity contribution in [1.82, 2.24) is 9.97 Å². The summed E-state index contributed by atoms with van der Waals surface area (Å²) in [6.45, 7) is 1.32. The standard InChI is InChI=1S/C9H11N3O2/c13-7-1-3-12(4-2-7)8-5-9(14)11-6-10-8/h5-6H,1-4H2,(H,10,11,14). The molecule has 14 heavy (non-hydrogen) atoms. The topological polar surface area (TPSA) is 66.1 Å². The van der Waals surface area contributed by atoms with Crippen molar-refractivity contribution < 1.29 is 4.79 Å². The third-order valence-electron chi connectivity index (χ3n) is 2.31. The molecule has 0 amide bonds. The van der Waals surface area contributed by atoms with Crippen LogP contribution in [0.5, 0.6) is 0 Å². The predicted molar refractivity (Wildman–Crippen MR) is 51.3 cm³/mol. The molecule has 0 aliphatic carbocycles. The number of Topliss-reactive ketones (excluding diaryl/α,β-unsaturated/α-hetero) is 1. The lowest BCUT2D eigenvalue weighted by atomic mass is 10.1. The number of anilines is 1. The minimum atomic E-state index is -0.160. The fourth-order valence-corrected chi connectivity index (χ4v) is 1.52. The summed E-state index contributed by atoms with van der Waals surface area (Å²) in [6, 6.07) is 1.45. The number of carbonyl (C=O) groups is 1. The smallest absolute Gasteiger partial charge is 0.252 e. The number of aromatic amines is 1. The molecule has 0 saturated carbocycles. The third kappa shape index (κ3) is 1.81. The number of H-pyrrole nitrogens is 1. The van der Waals surface area contributed by atoms with Crippen LogP contribution in [-0.4, -0.2) is 28.8 Å². The molecule has 2 heterocycles. The Hall–Kier alpha value is -1.65. The summed E-state index contributed by atoms with van der Waals surface area (Å²) in [5.74, 6) is 0.937. The number of hydrogen-bond acceptors (Lipinski definition) is 4. The van der Waals surface area contributed by atoms with E-state index in [-0.39, 0.29) is 11.3 Å². The van der Waals surface area contributed by atoms with E-state index in [9.17, 15) is 9.59 Å². The van der Waals surface area contributed by atoms with Gasteiger partial charge in [0.2, 0.25) is 0 Å². The van der Waals surface area contributed by atoms with Crippen LogP contribution in [0, 0.1) is 0 Å². The molecule has 1 aliphatic rings. The van der Waals surface area contributed by atoms with E-state index in [4.69, 9.17) is 0 Å². The zero-order chi connectivity index (χ0) is 9.97. The molecule has 0 spiro atoms. The monoisotopic (exact) mass is 193 g/mol. The molecule has 1 fully saturated rings. The first-order valence-corrected chi connectivity index (χ1v) is 4.57. The van der Waals surface area contributed by atoms with Gasteiger partial charge in [0.15, 0.2) is 0 Å². The van der Waals surface area contributed by atoms with E-state index in [1.165, 1.54) is 12.4 Å². The van der Waals surface area contributed by atoms with E-state index in [1.807, 2.05) is 4.90 Å². The highest BCUT2D eigenvalue weighted by atomic mass is 16.1. The maximum absolute atomic E-state index is 11.0. The predicted octanol–water partition coefficient (Wildman–Crippen LogP) is -0.0608. The molecule has 1 saturated heterocycles. The third-order valence-corrected chi connectivity index (χ3v) is 2.31. The van der Waals surface area contributed by atoms with Crippen LogP contribution in [0.2, 0.25) is 0 Å². The number of ketones is 1. The van der Waals surface area contributed by atoms with E-state index < -0.39 is 0 Å². The van der Waals surface area contributed by atoms with E-state index in [0.29, 0.717) is 31.7 Å². The molecule has 5 heteroatoms. The lowest BCUT2D eigenvalue weighted by Crippen LogP contribution is -2.34. The Morgan fingerprint density at radius 3 is 2.64 bits per heavy atom. The van der Waals surface area contributed by atoms with Crippen LogP contribution in [-0.2, 0) is 4.79 Å². The molecule has 1 aromatic heterocycles. The van der Waals surface area contributed by atoms with Gasteiger partial charge in [0.05, 0.1) is 6.33 Å². The molecule has 5 nitrogen and oxygen atoms in total. The number of nitrogens with zero attached hydrogens (tertiary/aromatic N) is 2. The molecule has 1 N–H and O–H groups in total. The van der Waals surface area contributed by atoms with Crippen LogP contribution in [0.4, 0.5) is 5.82 Å². The summed E-state index contributed by atoms with van der Waals surface area (Å²) in [5.41, 5.74) is -0.160. The van der Waals surface area contributed by atoms with Gasteiger partial charge in [-0.05, 0) is 0 Å². The Morgan fingerprint density at radius 1 is 1.29 bits per heavy atom. The second-order valence-electron chi connectivity index (χ2n) is 3.30. The van der Waals surface area contributed by atoms with Crippen molar-refractivity contribution in [2.24, 2.45) is 0 Å².